The highest BCUT2D eigenvalue weighted by Gasteiger charge is 2.23. The average molecular weight is 351 g/mol. The summed E-state index contributed by atoms with van der Waals surface area (Å²) >= 11 is 0. The number of hydrogen-bond acceptors (Lipinski definition) is 3. The second-order valence-electron chi connectivity index (χ2n) is 6.61. The predicted octanol–water partition coefficient (Wildman–Crippen LogP) is 2.78. The van der Waals surface area contributed by atoms with Crippen LogP contribution in [0, 0.1) is 6.92 Å². The van der Waals surface area contributed by atoms with Gasteiger partial charge in [-0.05, 0) is 30.7 Å². The van der Waals surface area contributed by atoms with Crippen molar-refractivity contribution in [3.8, 4) is 0 Å². The summed E-state index contributed by atoms with van der Waals surface area (Å²) in [6, 6.07) is 17.2. The van der Waals surface area contributed by atoms with Crippen LogP contribution in [0.25, 0.3) is 0 Å². The molecule has 0 aliphatic carbocycles. The Labute approximate surface area is 154 Å². The van der Waals surface area contributed by atoms with Crippen LogP contribution < -0.4 is 5.32 Å². The molecule has 1 saturated heterocycles. The Morgan fingerprint density at radius 2 is 1.58 bits per heavy atom. The molecular weight excluding hydrogens is 326 g/mol. The zero-order valence-corrected chi connectivity index (χ0v) is 15.1. The van der Waals surface area contributed by atoms with E-state index in [1.165, 1.54) is 0 Å². The lowest BCUT2D eigenvalue weighted by molar-refractivity contribution is -0.116. The molecule has 1 fully saturated rings. The molecule has 1 aliphatic heterocycles. The summed E-state index contributed by atoms with van der Waals surface area (Å²) in [7, 11) is 0. The molecule has 0 spiro atoms. The van der Waals surface area contributed by atoms with Crippen LogP contribution in [-0.2, 0) is 4.79 Å². The smallest absolute Gasteiger partial charge is 0.254 e. The Morgan fingerprint density at radius 1 is 0.923 bits per heavy atom. The third-order valence-corrected chi connectivity index (χ3v) is 4.75. The first-order valence-electron chi connectivity index (χ1n) is 9.05. The lowest BCUT2D eigenvalue weighted by Gasteiger charge is -2.34. The molecule has 2 aromatic rings. The molecule has 1 aliphatic rings. The van der Waals surface area contributed by atoms with Gasteiger partial charge in [0.05, 0.1) is 0 Å². The number of rotatable bonds is 5. The molecule has 2 aromatic carbocycles. The van der Waals surface area contributed by atoms with E-state index in [2.05, 4.69) is 10.2 Å². The first-order valence-corrected chi connectivity index (χ1v) is 9.05. The van der Waals surface area contributed by atoms with Crippen molar-refractivity contribution in [3.63, 3.8) is 0 Å². The van der Waals surface area contributed by atoms with E-state index in [9.17, 15) is 9.59 Å². The molecule has 0 bridgehead atoms. The topological polar surface area (TPSA) is 52.7 Å². The van der Waals surface area contributed by atoms with Crippen molar-refractivity contribution < 1.29 is 9.59 Å². The third-order valence-electron chi connectivity index (χ3n) is 4.75. The number of nitrogens with zero attached hydrogens (tertiary/aromatic N) is 2. The van der Waals surface area contributed by atoms with Gasteiger partial charge < -0.3 is 10.2 Å². The number of aryl methyl sites for hydroxylation is 1. The third kappa shape index (κ3) is 4.70. The number of piperazine rings is 1. The van der Waals surface area contributed by atoms with Crippen molar-refractivity contribution >= 4 is 17.5 Å². The second kappa shape index (κ2) is 8.63. The summed E-state index contributed by atoms with van der Waals surface area (Å²) in [5, 5.41) is 2.91. The van der Waals surface area contributed by atoms with Crippen LogP contribution in [0.2, 0.25) is 0 Å². The average Bonchev–Trinajstić information content (AvgIpc) is 2.67. The normalized spacial score (nSPS) is 14.9. The molecule has 136 valence electrons. The van der Waals surface area contributed by atoms with Crippen LogP contribution in [0.5, 0.6) is 0 Å². The first-order chi connectivity index (χ1) is 12.6. The van der Waals surface area contributed by atoms with Crippen LogP contribution in [0.15, 0.2) is 54.6 Å². The van der Waals surface area contributed by atoms with Gasteiger partial charge in [-0.1, -0.05) is 36.4 Å². The Kier molecular flexibility index (Phi) is 6.02. The van der Waals surface area contributed by atoms with Gasteiger partial charge in [0.25, 0.3) is 5.91 Å². The summed E-state index contributed by atoms with van der Waals surface area (Å²) in [4.78, 5) is 28.8. The maximum atomic E-state index is 12.6. The zero-order chi connectivity index (χ0) is 18.4. The molecule has 2 amide bonds. The van der Waals surface area contributed by atoms with Crippen molar-refractivity contribution in [3.05, 3.63) is 65.7 Å². The van der Waals surface area contributed by atoms with E-state index in [1.54, 1.807) is 0 Å². The maximum Gasteiger partial charge on any atom is 0.254 e. The molecule has 0 radical (unpaired) electrons. The second-order valence-corrected chi connectivity index (χ2v) is 6.61. The van der Waals surface area contributed by atoms with Crippen LogP contribution in [0.4, 0.5) is 5.69 Å². The molecule has 0 atom stereocenters. The lowest BCUT2D eigenvalue weighted by atomic mass is 10.1. The number of carbonyl (C=O) groups is 2. The van der Waals surface area contributed by atoms with E-state index in [-0.39, 0.29) is 11.8 Å². The number of para-hydroxylation sites is 1. The minimum absolute atomic E-state index is 0.0228. The highest BCUT2D eigenvalue weighted by molar-refractivity contribution is 5.95. The number of amides is 2. The summed E-state index contributed by atoms with van der Waals surface area (Å²) in [5.74, 6) is 0.124. The fourth-order valence-electron chi connectivity index (χ4n) is 3.16. The molecule has 1 N–H and O–H groups in total. The van der Waals surface area contributed by atoms with E-state index >= 15 is 0 Å². The van der Waals surface area contributed by atoms with E-state index in [0.717, 1.165) is 29.9 Å². The van der Waals surface area contributed by atoms with Gasteiger partial charge in [0.15, 0.2) is 0 Å². The van der Waals surface area contributed by atoms with Gasteiger partial charge >= 0.3 is 0 Å². The molecular formula is C21H25N3O2. The summed E-state index contributed by atoms with van der Waals surface area (Å²) in [5.41, 5.74) is 2.62. The van der Waals surface area contributed by atoms with Crippen LogP contribution in [0.3, 0.4) is 0 Å². The molecule has 3 rings (SSSR count). The fraction of sp³-hybridized carbons (Fsp3) is 0.333. The number of anilines is 1. The minimum Gasteiger partial charge on any atom is -0.336 e. The SMILES string of the molecule is Cc1ccccc1C(=O)N1CCN(CCC(=O)Nc2ccccc2)CC1. The van der Waals surface area contributed by atoms with E-state index < -0.39 is 0 Å². The van der Waals surface area contributed by atoms with Crippen molar-refractivity contribution in [1.29, 1.82) is 0 Å². The zero-order valence-electron chi connectivity index (χ0n) is 15.1. The quantitative estimate of drug-likeness (QED) is 0.901. The monoisotopic (exact) mass is 351 g/mol. The van der Waals surface area contributed by atoms with Gasteiger partial charge in [-0.2, -0.15) is 0 Å². The molecule has 5 nitrogen and oxygen atoms in total. The van der Waals surface area contributed by atoms with E-state index in [0.29, 0.717) is 26.1 Å². The number of hydrogen-bond donors (Lipinski definition) is 1. The summed E-state index contributed by atoms with van der Waals surface area (Å²) in [6.07, 6.45) is 0.459. The van der Waals surface area contributed by atoms with Crippen molar-refractivity contribution in [2.45, 2.75) is 13.3 Å². The highest BCUT2D eigenvalue weighted by atomic mass is 16.2. The van der Waals surface area contributed by atoms with Gasteiger partial charge in [0.2, 0.25) is 5.91 Å². The van der Waals surface area contributed by atoms with Crippen LogP contribution >= 0.6 is 0 Å². The van der Waals surface area contributed by atoms with Crippen LogP contribution in [0.1, 0.15) is 22.3 Å². The van der Waals surface area contributed by atoms with Gasteiger partial charge in [-0.25, -0.2) is 0 Å². The fourth-order valence-corrected chi connectivity index (χ4v) is 3.16. The highest BCUT2D eigenvalue weighted by Crippen LogP contribution is 2.13. The lowest BCUT2D eigenvalue weighted by Crippen LogP contribution is -2.49. The van der Waals surface area contributed by atoms with Crippen LogP contribution in [-0.4, -0.2) is 54.3 Å². The Bertz CT molecular complexity index is 753. The minimum atomic E-state index is 0.0228. The predicted molar refractivity (Wildman–Crippen MR) is 103 cm³/mol. The molecule has 0 unspecified atom stereocenters. The number of benzene rings is 2. The molecule has 5 heteroatoms. The van der Waals surface area contributed by atoms with Crippen molar-refractivity contribution in [2.75, 3.05) is 38.0 Å². The number of nitrogens with one attached hydrogen (secondary N) is 1. The Morgan fingerprint density at radius 3 is 2.27 bits per heavy atom. The Hall–Kier alpha value is -2.66. The molecule has 0 aromatic heterocycles. The molecule has 1 heterocycles. The first kappa shape index (κ1) is 18.1. The van der Waals surface area contributed by atoms with E-state index in [1.807, 2.05) is 66.4 Å². The largest absolute Gasteiger partial charge is 0.336 e. The van der Waals surface area contributed by atoms with Gasteiger partial charge in [0, 0.05) is 50.4 Å². The van der Waals surface area contributed by atoms with Crippen molar-refractivity contribution in [2.24, 2.45) is 0 Å². The van der Waals surface area contributed by atoms with E-state index in [4.69, 9.17) is 0 Å². The molecule has 0 saturated carbocycles. The standard InChI is InChI=1S/C21H25N3O2/c1-17-7-5-6-10-19(17)21(26)24-15-13-23(14-16-24)12-11-20(25)22-18-8-3-2-4-9-18/h2-10H,11-16H2,1H3,(H,22,25). The summed E-state index contributed by atoms with van der Waals surface area (Å²) < 4.78 is 0. The molecule has 26 heavy (non-hydrogen) atoms. The van der Waals surface area contributed by atoms with Crippen molar-refractivity contribution in [1.82, 2.24) is 9.80 Å². The summed E-state index contributed by atoms with van der Waals surface area (Å²) in [6.45, 7) is 5.69. The van der Waals surface area contributed by atoms with Gasteiger partial charge in [0.1, 0.15) is 0 Å². The van der Waals surface area contributed by atoms with Gasteiger partial charge in [-0.3, -0.25) is 14.5 Å². The maximum absolute atomic E-state index is 12.6. The Balaban J connectivity index is 1.43. The number of carbonyl (C=O) groups excluding carboxylic acids is 2. The van der Waals surface area contributed by atoms with Gasteiger partial charge in [-0.15, -0.1) is 0 Å².